The van der Waals surface area contributed by atoms with Crippen LogP contribution in [-0.2, 0) is 20.4 Å². The minimum Gasteiger partial charge on any atom is -0.497 e. The summed E-state index contributed by atoms with van der Waals surface area (Å²) in [7, 11) is -0.720. The van der Waals surface area contributed by atoms with Crippen LogP contribution in [-0.4, -0.2) is 46.7 Å². The summed E-state index contributed by atoms with van der Waals surface area (Å²) in [5.74, 6) is -0.785. The van der Waals surface area contributed by atoms with Gasteiger partial charge in [0.05, 0.1) is 44.2 Å². The van der Waals surface area contributed by atoms with Gasteiger partial charge in [0.2, 0.25) is 5.88 Å². The molecule has 1 atom stereocenters. The molecule has 2 amide bonds. The average Bonchev–Trinajstić information content (AvgIpc) is 3.28. The zero-order chi connectivity index (χ0) is 30.8. The third-order valence-corrected chi connectivity index (χ3v) is 8.49. The molecular weight excluding hydrogens is 576 g/mol. The highest BCUT2D eigenvalue weighted by Crippen LogP contribution is 2.49. The maximum Gasteiger partial charge on any atom is 0.414 e. The van der Waals surface area contributed by atoms with E-state index in [1.54, 1.807) is 18.2 Å². The van der Waals surface area contributed by atoms with Crippen molar-refractivity contribution in [1.82, 2.24) is 10.3 Å². The molecule has 43 heavy (non-hydrogen) atoms. The number of hydrogen-bond acceptors (Lipinski definition) is 10. The molecule has 5 rings (SSSR count). The first-order valence-electron chi connectivity index (χ1n) is 12.6. The van der Waals surface area contributed by atoms with Crippen LogP contribution in [0.5, 0.6) is 23.1 Å². The van der Waals surface area contributed by atoms with Crippen molar-refractivity contribution < 1.29 is 37.0 Å². The lowest BCUT2D eigenvalue weighted by Gasteiger charge is -2.30. The first kappa shape index (κ1) is 28.9. The molecule has 0 spiro atoms. The minimum atomic E-state index is -4.71. The zero-order valence-electron chi connectivity index (χ0n) is 23.1. The van der Waals surface area contributed by atoms with Crippen LogP contribution in [0.4, 0.5) is 10.5 Å². The maximum atomic E-state index is 14.7. The molecule has 2 heterocycles. The first-order valence-corrected chi connectivity index (χ1v) is 14.1. The van der Waals surface area contributed by atoms with E-state index < -0.39 is 27.6 Å². The summed E-state index contributed by atoms with van der Waals surface area (Å²) in [5.41, 5.74) is -2.31. The molecule has 0 radical (unpaired) electrons. The number of anilines is 1. The van der Waals surface area contributed by atoms with Crippen molar-refractivity contribution in [3.05, 3.63) is 102 Å². The number of hydrogen-bond donors (Lipinski definition) is 1. The van der Waals surface area contributed by atoms with Crippen molar-refractivity contribution >= 4 is 27.7 Å². The molecule has 3 aromatic carbocycles. The number of nitrogens with zero attached hydrogens (tertiary/aromatic N) is 3. The van der Waals surface area contributed by atoms with Crippen LogP contribution in [0.2, 0.25) is 0 Å². The summed E-state index contributed by atoms with van der Waals surface area (Å²) in [6, 6.07) is 21.0. The number of ether oxygens (including phenoxy) is 4. The van der Waals surface area contributed by atoms with Crippen LogP contribution < -0.4 is 28.6 Å². The number of amides is 2. The average molecular weight is 601 g/mol. The third-order valence-electron chi connectivity index (χ3n) is 6.75. The highest BCUT2D eigenvalue weighted by atomic mass is 32.2. The summed E-state index contributed by atoms with van der Waals surface area (Å²) >= 11 is 0. The van der Waals surface area contributed by atoms with E-state index in [4.69, 9.17) is 18.9 Å². The van der Waals surface area contributed by atoms with Gasteiger partial charge in [0, 0.05) is 17.8 Å². The Kier molecular flexibility index (Phi) is 7.62. The van der Waals surface area contributed by atoms with E-state index in [1.165, 1.54) is 88.2 Å². The Bertz CT molecular complexity index is 1870. The van der Waals surface area contributed by atoms with Crippen molar-refractivity contribution in [1.29, 1.82) is 5.26 Å². The second-order valence-electron chi connectivity index (χ2n) is 9.07. The van der Waals surface area contributed by atoms with Gasteiger partial charge in [-0.25, -0.2) is 18.2 Å². The molecule has 1 aliphatic heterocycles. The Balaban J connectivity index is 1.77. The Morgan fingerprint density at radius 2 is 1.67 bits per heavy atom. The van der Waals surface area contributed by atoms with Crippen molar-refractivity contribution in [2.45, 2.75) is 10.4 Å². The molecular formula is C30H24N4O8S. The summed E-state index contributed by atoms with van der Waals surface area (Å²) in [6.07, 6.45) is 0.321. The predicted octanol–water partition coefficient (Wildman–Crippen LogP) is 3.75. The topological polar surface area (TPSA) is 157 Å². The Morgan fingerprint density at radius 3 is 2.35 bits per heavy atom. The molecule has 13 heteroatoms. The maximum absolute atomic E-state index is 14.7. The summed E-state index contributed by atoms with van der Waals surface area (Å²) in [4.78, 5) is 32.0. The number of nitrogens with one attached hydrogen (secondary N) is 1. The van der Waals surface area contributed by atoms with E-state index in [0.29, 0.717) is 10.1 Å². The molecule has 12 nitrogen and oxygen atoms in total. The van der Waals surface area contributed by atoms with Crippen molar-refractivity contribution in [2.24, 2.45) is 0 Å². The van der Waals surface area contributed by atoms with E-state index in [-0.39, 0.29) is 44.7 Å². The molecule has 0 bridgehead atoms. The van der Waals surface area contributed by atoms with Crippen LogP contribution >= 0.6 is 0 Å². The molecule has 218 valence electrons. The number of nitriles is 1. The van der Waals surface area contributed by atoms with E-state index in [1.807, 2.05) is 6.07 Å². The van der Waals surface area contributed by atoms with Gasteiger partial charge in [-0.05, 0) is 54.6 Å². The molecule has 1 N–H and O–H groups in total. The third kappa shape index (κ3) is 4.83. The fourth-order valence-electron chi connectivity index (χ4n) is 4.85. The Labute approximate surface area is 247 Å². The van der Waals surface area contributed by atoms with Crippen molar-refractivity contribution in [2.75, 3.05) is 25.6 Å². The molecule has 0 saturated carbocycles. The van der Waals surface area contributed by atoms with Crippen molar-refractivity contribution in [3.8, 4) is 29.2 Å². The normalized spacial score (nSPS) is 15.7. The van der Waals surface area contributed by atoms with Gasteiger partial charge in [0.1, 0.15) is 22.1 Å². The summed E-state index contributed by atoms with van der Waals surface area (Å²) in [6.45, 7) is 0. The lowest BCUT2D eigenvalue weighted by molar-refractivity contribution is -0.121. The van der Waals surface area contributed by atoms with Gasteiger partial charge in [-0.2, -0.15) is 9.57 Å². The molecule has 1 aromatic heterocycles. The number of methoxy groups -OCH3 is 3. The van der Waals surface area contributed by atoms with Crippen LogP contribution in [0, 0.1) is 11.3 Å². The number of sulfonamides is 1. The highest BCUT2D eigenvalue weighted by Gasteiger charge is 2.59. The van der Waals surface area contributed by atoms with Crippen LogP contribution in [0.15, 0.2) is 90.0 Å². The first-order chi connectivity index (χ1) is 20.7. The van der Waals surface area contributed by atoms with Crippen molar-refractivity contribution in [3.63, 3.8) is 0 Å². The van der Waals surface area contributed by atoms with E-state index in [2.05, 4.69) is 10.3 Å². The Hall–Kier alpha value is -5.61. The van der Waals surface area contributed by atoms with Crippen LogP contribution in [0.1, 0.15) is 16.7 Å². The van der Waals surface area contributed by atoms with Crippen LogP contribution in [0.25, 0.3) is 0 Å². The molecule has 0 saturated heterocycles. The van der Waals surface area contributed by atoms with E-state index in [0.717, 1.165) is 0 Å². The number of benzene rings is 3. The van der Waals surface area contributed by atoms with Gasteiger partial charge >= 0.3 is 6.09 Å². The van der Waals surface area contributed by atoms with Gasteiger partial charge in [-0.1, -0.05) is 18.2 Å². The number of pyridine rings is 1. The van der Waals surface area contributed by atoms with Gasteiger partial charge in [-0.15, -0.1) is 0 Å². The zero-order valence-corrected chi connectivity index (χ0v) is 23.9. The standard InChI is InChI=1S/C30H24N4O8S/c1-39-21-12-14-26(25(17-21)40-2)43(37,38)34-24-13-11-19(18-31)16-23(24)30(28(34)35,22-10-7-15-32-27(22)41-3)33-29(36)42-20-8-5-4-6-9-20/h4-17H,1-3H3,(H,33,36)/t30-/m1/s1. The van der Waals surface area contributed by atoms with Gasteiger partial charge < -0.3 is 18.9 Å². The quantitative estimate of drug-likeness (QED) is 0.316. The summed E-state index contributed by atoms with van der Waals surface area (Å²) < 4.78 is 50.6. The second-order valence-corrected chi connectivity index (χ2v) is 10.8. The predicted molar refractivity (Wildman–Crippen MR) is 153 cm³/mol. The monoisotopic (exact) mass is 600 g/mol. The van der Waals surface area contributed by atoms with Gasteiger partial charge in [0.15, 0.2) is 5.54 Å². The number of para-hydroxylation sites is 1. The molecule has 0 aliphatic carbocycles. The molecule has 0 unspecified atom stereocenters. The number of carbonyl (C=O) groups excluding carboxylic acids is 2. The van der Waals surface area contributed by atoms with Crippen LogP contribution in [0.3, 0.4) is 0 Å². The SMILES string of the molecule is COc1ccc(S(=O)(=O)N2C(=O)[C@@](NC(=O)Oc3ccccc3)(c3cccnc3OC)c3cc(C#N)ccc32)c(OC)c1. The minimum absolute atomic E-state index is 0.00301. The number of aromatic nitrogens is 1. The molecule has 1 aliphatic rings. The Morgan fingerprint density at radius 1 is 0.907 bits per heavy atom. The lowest BCUT2D eigenvalue weighted by atomic mass is 9.83. The summed E-state index contributed by atoms with van der Waals surface area (Å²) in [5, 5.41) is 12.3. The van der Waals surface area contributed by atoms with Gasteiger partial charge in [-0.3, -0.25) is 10.1 Å². The molecule has 4 aromatic rings. The van der Waals surface area contributed by atoms with E-state index in [9.17, 15) is 23.3 Å². The fourth-order valence-corrected chi connectivity index (χ4v) is 6.45. The van der Waals surface area contributed by atoms with E-state index >= 15 is 0 Å². The number of carbonyl (C=O) groups is 2. The number of fused-ring (bicyclic) bond motifs is 1. The second kappa shape index (κ2) is 11.3. The number of rotatable bonds is 8. The smallest absolute Gasteiger partial charge is 0.414 e. The molecule has 0 fully saturated rings. The van der Waals surface area contributed by atoms with Gasteiger partial charge in [0.25, 0.3) is 15.9 Å². The largest absolute Gasteiger partial charge is 0.497 e. The fraction of sp³-hybridized carbons (Fsp3) is 0.133. The highest BCUT2D eigenvalue weighted by molar-refractivity contribution is 7.93. The lowest BCUT2D eigenvalue weighted by Crippen LogP contribution is -2.55.